The molecule has 1 aromatic rings. The minimum Gasteiger partial charge on any atom is -0.300 e. The third-order valence-electron chi connectivity index (χ3n) is 2.82. The van der Waals surface area contributed by atoms with Crippen molar-refractivity contribution in [2.75, 3.05) is 0 Å². The van der Waals surface area contributed by atoms with Gasteiger partial charge in [0, 0.05) is 6.42 Å². The number of hydrogen-bond donors (Lipinski definition) is 0. The van der Waals surface area contributed by atoms with Gasteiger partial charge in [0.05, 0.1) is 0 Å². The van der Waals surface area contributed by atoms with E-state index in [2.05, 4.69) is 32.0 Å². The summed E-state index contributed by atoms with van der Waals surface area (Å²) in [6.45, 7) is 5.94. The minimum atomic E-state index is 0.301. The van der Waals surface area contributed by atoms with Crippen LogP contribution in [-0.4, -0.2) is 5.78 Å². The lowest BCUT2D eigenvalue weighted by Gasteiger charge is -2.04. The summed E-state index contributed by atoms with van der Waals surface area (Å²) >= 11 is 0. The van der Waals surface area contributed by atoms with Crippen LogP contribution in [0.25, 0.3) is 0 Å². The SMILES string of the molecule is CC(=O)CCCCc1ccc(C)c(C)c1. The summed E-state index contributed by atoms with van der Waals surface area (Å²) in [5.41, 5.74) is 4.10. The number of unbranched alkanes of at least 4 members (excludes halogenated alkanes) is 1. The van der Waals surface area contributed by atoms with Gasteiger partial charge in [-0.25, -0.2) is 0 Å². The second kappa shape index (κ2) is 5.69. The van der Waals surface area contributed by atoms with Gasteiger partial charge in [0.1, 0.15) is 5.78 Å². The molecular formula is C14H20O. The summed E-state index contributed by atoms with van der Waals surface area (Å²) in [7, 11) is 0. The number of rotatable bonds is 5. The number of Topliss-reactive ketones (excluding diaryl/α,β-unsaturated/α-hetero) is 1. The van der Waals surface area contributed by atoms with E-state index in [0.717, 1.165) is 25.7 Å². The first kappa shape index (κ1) is 12.0. The molecule has 0 unspecified atom stereocenters. The van der Waals surface area contributed by atoms with Crippen LogP contribution in [0.15, 0.2) is 18.2 Å². The molecule has 82 valence electrons. The molecule has 0 saturated carbocycles. The second-order valence-corrected chi connectivity index (χ2v) is 4.33. The Labute approximate surface area is 92.5 Å². The predicted molar refractivity (Wildman–Crippen MR) is 64.2 cm³/mol. The molecular weight excluding hydrogens is 184 g/mol. The largest absolute Gasteiger partial charge is 0.300 e. The molecule has 1 rings (SSSR count). The van der Waals surface area contributed by atoms with Gasteiger partial charge >= 0.3 is 0 Å². The highest BCUT2D eigenvalue weighted by Gasteiger charge is 1.98. The molecule has 0 bridgehead atoms. The van der Waals surface area contributed by atoms with E-state index in [9.17, 15) is 4.79 Å². The van der Waals surface area contributed by atoms with Crippen LogP contribution in [-0.2, 0) is 11.2 Å². The molecule has 0 aromatic heterocycles. The van der Waals surface area contributed by atoms with Gasteiger partial charge in [-0.2, -0.15) is 0 Å². The van der Waals surface area contributed by atoms with E-state index in [-0.39, 0.29) is 0 Å². The normalized spacial score (nSPS) is 10.3. The van der Waals surface area contributed by atoms with Crippen LogP contribution in [0.4, 0.5) is 0 Å². The van der Waals surface area contributed by atoms with Crippen molar-refractivity contribution in [3.63, 3.8) is 0 Å². The first-order valence-electron chi connectivity index (χ1n) is 5.65. The number of carbonyl (C=O) groups excluding carboxylic acids is 1. The van der Waals surface area contributed by atoms with Gasteiger partial charge in [0.25, 0.3) is 0 Å². The Morgan fingerprint density at radius 2 is 1.87 bits per heavy atom. The minimum absolute atomic E-state index is 0.301. The third kappa shape index (κ3) is 4.28. The molecule has 1 aromatic carbocycles. The van der Waals surface area contributed by atoms with Crippen LogP contribution in [0.2, 0.25) is 0 Å². The van der Waals surface area contributed by atoms with Gasteiger partial charge in [0.15, 0.2) is 0 Å². The van der Waals surface area contributed by atoms with Crippen molar-refractivity contribution < 1.29 is 4.79 Å². The molecule has 0 aliphatic heterocycles. The zero-order valence-corrected chi connectivity index (χ0v) is 9.97. The fourth-order valence-electron chi connectivity index (χ4n) is 1.66. The van der Waals surface area contributed by atoms with Crippen LogP contribution in [0.1, 0.15) is 42.9 Å². The summed E-state index contributed by atoms with van der Waals surface area (Å²) in [5.74, 6) is 0.301. The molecule has 0 saturated heterocycles. The maximum Gasteiger partial charge on any atom is 0.129 e. The standard InChI is InChI=1S/C14H20O/c1-11-8-9-14(10-12(11)2)7-5-4-6-13(3)15/h8-10H,4-7H2,1-3H3. The van der Waals surface area contributed by atoms with Crippen LogP contribution >= 0.6 is 0 Å². The van der Waals surface area contributed by atoms with E-state index in [0.29, 0.717) is 5.78 Å². The molecule has 0 atom stereocenters. The van der Waals surface area contributed by atoms with Crippen molar-refractivity contribution in [2.24, 2.45) is 0 Å². The maximum absolute atomic E-state index is 10.8. The van der Waals surface area contributed by atoms with E-state index in [1.165, 1.54) is 16.7 Å². The Balaban J connectivity index is 2.38. The lowest BCUT2D eigenvalue weighted by molar-refractivity contribution is -0.117. The summed E-state index contributed by atoms with van der Waals surface area (Å²) < 4.78 is 0. The average Bonchev–Trinajstić information content (AvgIpc) is 2.18. The van der Waals surface area contributed by atoms with E-state index < -0.39 is 0 Å². The molecule has 0 aliphatic rings. The molecule has 1 nitrogen and oxygen atoms in total. The fourth-order valence-corrected chi connectivity index (χ4v) is 1.66. The van der Waals surface area contributed by atoms with Gasteiger partial charge in [-0.3, -0.25) is 0 Å². The number of benzene rings is 1. The third-order valence-corrected chi connectivity index (χ3v) is 2.82. The fraction of sp³-hybridized carbons (Fsp3) is 0.500. The van der Waals surface area contributed by atoms with Crippen LogP contribution < -0.4 is 0 Å². The lowest BCUT2D eigenvalue weighted by atomic mass is 10.0. The van der Waals surface area contributed by atoms with Crippen LogP contribution in [0.3, 0.4) is 0 Å². The highest BCUT2D eigenvalue weighted by Crippen LogP contribution is 2.12. The summed E-state index contributed by atoms with van der Waals surface area (Å²) in [4.78, 5) is 10.8. The maximum atomic E-state index is 10.8. The number of carbonyl (C=O) groups is 1. The van der Waals surface area contributed by atoms with Crippen LogP contribution in [0, 0.1) is 13.8 Å². The van der Waals surface area contributed by atoms with E-state index in [1.807, 2.05) is 0 Å². The van der Waals surface area contributed by atoms with E-state index in [1.54, 1.807) is 6.92 Å². The number of aryl methyl sites for hydroxylation is 3. The average molecular weight is 204 g/mol. The quantitative estimate of drug-likeness (QED) is 0.670. The Morgan fingerprint density at radius 3 is 2.47 bits per heavy atom. The van der Waals surface area contributed by atoms with Crippen molar-refractivity contribution >= 4 is 5.78 Å². The van der Waals surface area contributed by atoms with Gasteiger partial charge in [-0.05, 0) is 56.7 Å². The summed E-state index contributed by atoms with van der Waals surface area (Å²) in [5, 5.41) is 0. The van der Waals surface area contributed by atoms with Crippen LogP contribution in [0.5, 0.6) is 0 Å². The van der Waals surface area contributed by atoms with Gasteiger partial charge in [0.2, 0.25) is 0 Å². The van der Waals surface area contributed by atoms with E-state index >= 15 is 0 Å². The van der Waals surface area contributed by atoms with Gasteiger partial charge in [-0.15, -0.1) is 0 Å². The molecule has 0 radical (unpaired) electrons. The van der Waals surface area contributed by atoms with Crippen molar-refractivity contribution in [3.8, 4) is 0 Å². The highest BCUT2D eigenvalue weighted by molar-refractivity contribution is 5.75. The molecule has 0 N–H and O–H groups in total. The Bertz CT molecular complexity index is 339. The molecule has 0 aliphatic carbocycles. The van der Waals surface area contributed by atoms with Crippen molar-refractivity contribution in [1.29, 1.82) is 0 Å². The van der Waals surface area contributed by atoms with E-state index in [4.69, 9.17) is 0 Å². The Kier molecular flexibility index (Phi) is 4.54. The zero-order valence-electron chi connectivity index (χ0n) is 9.97. The lowest BCUT2D eigenvalue weighted by Crippen LogP contribution is -1.92. The molecule has 0 heterocycles. The zero-order chi connectivity index (χ0) is 11.3. The number of ketones is 1. The monoisotopic (exact) mass is 204 g/mol. The molecule has 0 amide bonds. The summed E-state index contributed by atoms with van der Waals surface area (Å²) in [6, 6.07) is 6.62. The molecule has 1 heteroatoms. The first-order chi connectivity index (χ1) is 7.09. The first-order valence-corrected chi connectivity index (χ1v) is 5.65. The summed E-state index contributed by atoms with van der Waals surface area (Å²) in [6.07, 6.45) is 3.95. The highest BCUT2D eigenvalue weighted by atomic mass is 16.1. The van der Waals surface area contributed by atoms with Gasteiger partial charge in [-0.1, -0.05) is 18.2 Å². The molecule has 0 fully saturated rings. The molecule has 15 heavy (non-hydrogen) atoms. The second-order valence-electron chi connectivity index (χ2n) is 4.33. The van der Waals surface area contributed by atoms with Crippen molar-refractivity contribution in [1.82, 2.24) is 0 Å². The molecule has 0 spiro atoms. The predicted octanol–water partition coefficient (Wildman–Crippen LogP) is 3.61. The Morgan fingerprint density at radius 1 is 1.13 bits per heavy atom. The number of hydrogen-bond acceptors (Lipinski definition) is 1. The van der Waals surface area contributed by atoms with Gasteiger partial charge < -0.3 is 4.79 Å². The smallest absolute Gasteiger partial charge is 0.129 e. The topological polar surface area (TPSA) is 17.1 Å². The van der Waals surface area contributed by atoms with Crippen molar-refractivity contribution in [2.45, 2.75) is 46.5 Å². The Hall–Kier alpha value is -1.11. The van der Waals surface area contributed by atoms with Crippen molar-refractivity contribution in [3.05, 3.63) is 34.9 Å².